The molecule has 0 bridgehead atoms. The third-order valence-corrected chi connectivity index (χ3v) is 5.91. The third-order valence-electron chi connectivity index (χ3n) is 4.14. The van der Waals surface area contributed by atoms with Gasteiger partial charge in [-0.1, -0.05) is 20.8 Å². The van der Waals surface area contributed by atoms with Gasteiger partial charge in [-0.3, -0.25) is 18.9 Å². The topological polar surface area (TPSA) is 112 Å². The minimum Gasteiger partial charge on any atom is -0.374 e. The molecule has 0 saturated carbocycles. The lowest BCUT2D eigenvalue weighted by atomic mass is 9.87. The Kier molecular flexibility index (Phi) is 7.32. The van der Waals surface area contributed by atoms with Crippen molar-refractivity contribution >= 4 is 18.5 Å². The molecule has 29 heavy (non-hydrogen) atoms. The minimum atomic E-state index is -3.63. The van der Waals surface area contributed by atoms with Gasteiger partial charge in [0.2, 0.25) is 0 Å². The number of nitrogens with one attached hydrogen (secondary N) is 1. The monoisotopic (exact) mass is 450 g/mol. The number of aromatic amines is 1. The third kappa shape index (κ3) is 6.82. The van der Waals surface area contributed by atoms with Gasteiger partial charge in [0.05, 0.1) is 11.7 Å². The Bertz CT molecular complexity index is 870. The normalized spacial score (nSPS) is 27.7. The van der Waals surface area contributed by atoms with Crippen molar-refractivity contribution in [2.45, 2.75) is 78.1 Å². The smallest absolute Gasteiger partial charge is 0.330 e. The summed E-state index contributed by atoms with van der Waals surface area (Å²) in [7, 11) is 1.46. The molecule has 2 heterocycles. The van der Waals surface area contributed by atoms with Crippen LogP contribution in [0.1, 0.15) is 54.2 Å². The molecule has 1 aliphatic rings. The average Bonchev–Trinajstić information content (AvgIpc) is 2.79. The van der Waals surface area contributed by atoms with E-state index in [0.717, 1.165) is 0 Å². The fourth-order valence-corrected chi connectivity index (χ4v) is 5.49. The first kappa shape index (κ1) is 24.4. The number of hydrogen-bond donors (Lipinski definition) is 2. The highest BCUT2D eigenvalue weighted by Gasteiger charge is 2.50. The fourth-order valence-electron chi connectivity index (χ4n) is 3.23. The van der Waals surface area contributed by atoms with E-state index in [1.165, 1.54) is 23.9 Å². The zero-order valence-electron chi connectivity index (χ0n) is 17.9. The molecular formula is C18H31N2O7PS. The molecule has 9 nitrogen and oxygen atoms in total. The van der Waals surface area contributed by atoms with E-state index in [4.69, 9.17) is 30.3 Å². The van der Waals surface area contributed by atoms with Crippen molar-refractivity contribution in [3.8, 4) is 0 Å². The van der Waals surface area contributed by atoms with Crippen molar-refractivity contribution in [3.63, 3.8) is 0 Å². The molecule has 0 radical (unpaired) electrons. The molecule has 0 amide bonds. The van der Waals surface area contributed by atoms with E-state index in [9.17, 15) is 14.5 Å². The number of aromatic nitrogens is 2. The van der Waals surface area contributed by atoms with Gasteiger partial charge in [0.25, 0.3) is 5.56 Å². The maximum Gasteiger partial charge on any atom is 0.330 e. The summed E-state index contributed by atoms with van der Waals surface area (Å²) in [6.45, 7) is 7.78. The van der Waals surface area contributed by atoms with Gasteiger partial charge in [0, 0.05) is 19.4 Å². The molecule has 1 aliphatic heterocycles. The van der Waals surface area contributed by atoms with Crippen LogP contribution < -0.4 is 11.2 Å². The zero-order valence-corrected chi connectivity index (χ0v) is 19.6. The number of methoxy groups -OCH3 is 1. The molecule has 166 valence electrons. The standard InChI is InChI=1S/C18H31N2O7PS/c1-17(2,3)10-11-13(26-28(23,29)27-18(4,5)6)14(24-7)15(25-11)20-9-8-12(21)19-16(20)22/h8-9,11,13-15H,10H2,1-7H3,(H,23,29)(H,19,21,22)/t11-,13?,14?,15-,28?/m1/s1. The maximum absolute atomic E-state index is 12.3. The zero-order chi connectivity index (χ0) is 22.2. The first-order chi connectivity index (χ1) is 13.1. The van der Waals surface area contributed by atoms with Crippen LogP contribution in [-0.4, -0.2) is 45.5 Å². The van der Waals surface area contributed by atoms with Crippen molar-refractivity contribution < 1.29 is 23.4 Å². The van der Waals surface area contributed by atoms with Crippen LogP contribution in [0.2, 0.25) is 0 Å². The van der Waals surface area contributed by atoms with Gasteiger partial charge in [-0.2, -0.15) is 0 Å². The summed E-state index contributed by atoms with van der Waals surface area (Å²) < 4.78 is 24.4. The van der Waals surface area contributed by atoms with Crippen LogP contribution in [0.3, 0.4) is 0 Å². The van der Waals surface area contributed by atoms with Gasteiger partial charge < -0.3 is 18.9 Å². The highest BCUT2D eigenvalue weighted by Crippen LogP contribution is 2.52. The van der Waals surface area contributed by atoms with Crippen LogP contribution in [0.4, 0.5) is 0 Å². The van der Waals surface area contributed by atoms with E-state index in [2.05, 4.69) is 4.98 Å². The summed E-state index contributed by atoms with van der Waals surface area (Å²) >= 11 is 5.22. The SMILES string of the molecule is COC1C(OP(O)(=S)OC(C)(C)C)[C@@H](CC(C)(C)C)O[C@H]1n1ccc(=O)[nH]c1=O. The van der Waals surface area contributed by atoms with Crippen molar-refractivity contribution in [1.82, 2.24) is 9.55 Å². The Labute approximate surface area is 175 Å². The Morgan fingerprint density at radius 3 is 2.34 bits per heavy atom. The molecule has 0 aliphatic carbocycles. The van der Waals surface area contributed by atoms with Gasteiger partial charge in [-0.05, 0) is 44.4 Å². The van der Waals surface area contributed by atoms with Gasteiger partial charge in [-0.15, -0.1) is 0 Å². The van der Waals surface area contributed by atoms with Crippen LogP contribution in [0.15, 0.2) is 21.9 Å². The Morgan fingerprint density at radius 2 is 1.86 bits per heavy atom. The van der Waals surface area contributed by atoms with Crippen molar-refractivity contribution in [2.24, 2.45) is 5.41 Å². The second-order valence-electron chi connectivity index (χ2n) is 9.29. The highest BCUT2D eigenvalue weighted by molar-refractivity contribution is 8.07. The number of ether oxygens (including phenoxy) is 2. The van der Waals surface area contributed by atoms with Crippen LogP contribution in [-0.2, 0) is 30.3 Å². The molecular weight excluding hydrogens is 419 g/mol. The van der Waals surface area contributed by atoms with E-state index in [1.807, 2.05) is 20.8 Å². The minimum absolute atomic E-state index is 0.141. The van der Waals surface area contributed by atoms with E-state index < -0.39 is 48.1 Å². The van der Waals surface area contributed by atoms with E-state index >= 15 is 0 Å². The van der Waals surface area contributed by atoms with Crippen LogP contribution >= 0.6 is 6.72 Å². The Hall–Kier alpha value is -0.870. The van der Waals surface area contributed by atoms with Gasteiger partial charge in [-0.25, -0.2) is 4.79 Å². The van der Waals surface area contributed by atoms with E-state index in [1.54, 1.807) is 20.8 Å². The molecule has 0 spiro atoms. The van der Waals surface area contributed by atoms with Crippen molar-refractivity contribution in [1.29, 1.82) is 0 Å². The predicted octanol–water partition coefficient (Wildman–Crippen LogP) is 2.30. The Balaban J connectivity index is 2.42. The maximum atomic E-state index is 12.3. The number of H-pyrrole nitrogens is 1. The lowest BCUT2D eigenvalue weighted by Crippen LogP contribution is -2.40. The molecule has 2 N–H and O–H groups in total. The number of hydrogen-bond acceptors (Lipinski definition) is 7. The van der Waals surface area contributed by atoms with Crippen molar-refractivity contribution in [2.75, 3.05) is 7.11 Å². The molecule has 11 heteroatoms. The predicted molar refractivity (Wildman–Crippen MR) is 112 cm³/mol. The summed E-state index contributed by atoms with van der Waals surface area (Å²) in [6, 6.07) is 1.23. The molecule has 0 aromatic carbocycles. The lowest BCUT2D eigenvalue weighted by Gasteiger charge is -2.32. The Morgan fingerprint density at radius 1 is 1.24 bits per heavy atom. The first-order valence-electron chi connectivity index (χ1n) is 9.33. The molecule has 2 rings (SSSR count). The quantitative estimate of drug-likeness (QED) is 0.635. The molecule has 1 saturated heterocycles. The van der Waals surface area contributed by atoms with Crippen LogP contribution in [0.5, 0.6) is 0 Å². The van der Waals surface area contributed by atoms with Crippen LogP contribution in [0, 0.1) is 5.41 Å². The summed E-state index contributed by atoms with van der Waals surface area (Å²) in [4.78, 5) is 36.6. The first-order valence-corrected chi connectivity index (χ1v) is 11.9. The fraction of sp³-hybridized carbons (Fsp3) is 0.778. The highest BCUT2D eigenvalue weighted by atomic mass is 32.5. The van der Waals surface area contributed by atoms with Gasteiger partial charge >= 0.3 is 12.4 Å². The molecule has 1 fully saturated rings. The molecule has 3 unspecified atom stereocenters. The number of nitrogens with zero attached hydrogens (tertiary/aromatic N) is 1. The molecule has 5 atom stereocenters. The summed E-state index contributed by atoms with van der Waals surface area (Å²) in [6.07, 6.45) is -1.04. The largest absolute Gasteiger partial charge is 0.374 e. The van der Waals surface area contributed by atoms with Gasteiger partial charge in [0.1, 0.15) is 12.2 Å². The molecule has 1 aromatic rings. The second-order valence-corrected chi connectivity index (χ2v) is 12.0. The number of rotatable bonds is 6. The summed E-state index contributed by atoms with van der Waals surface area (Å²) in [5.41, 5.74) is -1.99. The second kappa shape index (κ2) is 8.70. The van der Waals surface area contributed by atoms with E-state index in [0.29, 0.717) is 6.42 Å². The van der Waals surface area contributed by atoms with Crippen molar-refractivity contribution in [3.05, 3.63) is 33.1 Å². The van der Waals surface area contributed by atoms with E-state index in [-0.39, 0.29) is 5.41 Å². The summed E-state index contributed by atoms with van der Waals surface area (Å²) in [5.74, 6) is 0. The van der Waals surface area contributed by atoms with Gasteiger partial charge in [0.15, 0.2) is 6.23 Å². The summed E-state index contributed by atoms with van der Waals surface area (Å²) in [5, 5.41) is 0. The molecule has 1 aromatic heterocycles. The average molecular weight is 450 g/mol. The van der Waals surface area contributed by atoms with Crippen LogP contribution in [0.25, 0.3) is 0 Å². The lowest BCUT2D eigenvalue weighted by molar-refractivity contribution is -0.0593.